The fourth-order valence-corrected chi connectivity index (χ4v) is 3.52. The van der Waals surface area contributed by atoms with Crippen molar-refractivity contribution in [1.29, 1.82) is 0 Å². The zero-order valence-electron chi connectivity index (χ0n) is 14.1. The van der Waals surface area contributed by atoms with Crippen LogP contribution in [0.4, 0.5) is 0 Å². The Kier molecular flexibility index (Phi) is 6.72. The van der Waals surface area contributed by atoms with Gasteiger partial charge < -0.3 is 10.2 Å². The van der Waals surface area contributed by atoms with Crippen LogP contribution in [0.1, 0.15) is 61.8 Å². The molecule has 1 heterocycles. The zero-order valence-corrected chi connectivity index (χ0v) is 14.1. The van der Waals surface area contributed by atoms with E-state index in [2.05, 4.69) is 49.2 Å². The quantitative estimate of drug-likeness (QED) is 0.843. The second-order valence-electron chi connectivity index (χ2n) is 6.58. The number of aryl methyl sites for hydroxylation is 2. The Morgan fingerprint density at radius 1 is 1.00 bits per heavy atom. The summed E-state index contributed by atoms with van der Waals surface area (Å²) in [5.74, 6) is 0. The number of benzene rings is 1. The first kappa shape index (κ1) is 16.5. The predicted octanol–water partition coefficient (Wildman–Crippen LogP) is 4.22. The molecule has 1 aromatic rings. The van der Waals surface area contributed by atoms with E-state index in [1.165, 1.54) is 68.4 Å². The van der Waals surface area contributed by atoms with Crippen LogP contribution in [-0.2, 0) is 0 Å². The number of hydrogen-bond acceptors (Lipinski definition) is 2. The predicted molar refractivity (Wildman–Crippen MR) is 91.9 cm³/mol. The lowest BCUT2D eigenvalue weighted by Gasteiger charge is -2.25. The van der Waals surface area contributed by atoms with E-state index in [1.807, 2.05) is 0 Å². The molecule has 2 heteroatoms. The molecule has 1 aliphatic heterocycles. The molecular weight excluding hydrogens is 256 g/mol. The minimum Gasteiger partial charge on any atom is -0.310 e. The standard InChI is InChI=1S/C19H32N2/c1-4-20-19(18-14-16(2)13-17(3)15-18)9-12-21-10-7-5-6-8-11-21/h13-15,19-20H,4-12H2,1-3H3. The van der Waals surface area contributed by atoms with Crippen LogP contribution in [-0.4, -0.2) is 31.1 Å². The number of rotatable bonds is 6. The molecule has 21 heavy (non-hydrogen) atoms. The van der Waals surface area contributed by atoms with Gasteiger partial charge in [0.05, 0.1) is 0 Å². The molecule has 2 rings (SSSR count). The van der Waals surface area contributed by atoms with Crippen molar-refractivity contribution in [3.63, 3.8) is 0 Å². The average Bonchev–Trinajstić information content (AvgIpc) is 2.71. The topological polar surface area (TPSA) is 15.3 Å². The molecule has 1 fully saturated rings. The van der Waals surface area contributed by atoms with E-state index >= 15 is 0 Å². The van der Waals surface area contributed by atoms with E-state index in [4.69, 9.17) is 0 Å². The maximum absolute atomic E-state index is 3.68. The summed E-state index contributed by atoms with van der Waals surface area (Å²) in [6, 6.07) is 7.46. The fourth-order valence-electron chi connectivity index (χ4n) is 3.52. The van der Waals surface area contributed by atoms with Gasteiger partial charge in [0.25, 0.3) is 0 Å². The Labute approximate surface area is 130 Å². The van der Waals surface area contributed by atoms with E-state index in [1.54, 1.807) is 0 Å². The maximum atomic E-state index is 3.68. The van der Waals surface area contributed by atoms with Crippen LogP contribution in [0, 0.1) is 13.8 Å². The molecule has 1 saturated heterocycles. The first-order chi connectivity index (χ1) is 10.2. The average molecular weight is 288 g/mol. The molecule has 1 N–H and O–H groups in total. The second kappa shape index (κ2) is 8.55. The first-order valence-corrected chi connectivity index (χ1v) is 8.73. The van der Waals surface area contributed by atoms with Gasteiger partial charge in [0.15, 0.2) is 0 Å². The van der Waals surface area contributed by atoms with Gasteiger partial charge in [0.1, 0.15) is 0 Å². The number of likely N-dealkylation sites (tertiary alicyclic amines) is 1. The van der Waals surface area contributed by atoms with Crippen molar-refractivity contribution in [3.05, 3.63) is 34.9 Å². The highest BCUT2D eigenvalue weighted by molar-refractivity contribution is 5.30. The molecule has 0 amide bonds. The monoisotopic (exact) mass is 288 g/mol. The lowest BCUT2D eigenvalue weighted by Crippen LogP contribution is -2.30. The molecule has 0 saturated carbocycles. The summed E-state index contributed by atoms with van der Waals surface area (Å²) in [4.78, 5) is 2.67. The highest BCUT2D eigenvalue weighted by Crippen LogP contribution is 2.21. The highest BCUT2D eigenvalue weighted by atomic mass is 15.1. The molecular formula is C19H32N2. The number of nitrogens with one attached hydrogen (secondary N) is 1. The van der Waals surface area contributed by atoms with Gasteiger partial charge in [-0.2, -0.15) is 0 Å². The van der Waals surface area contributed by atoms with Gasteiger partial charge in [0, 0.05) is 6.04 Å². The van der Waals surface area contributed by atoms with Gasteiger partial charge in [0.2, 0.25) is 0 Å². The Bertz CT molecular complexity index is 399. The van der Waals surface area contributed by atoms with Crippen molar-refractivity contribution < 1.29 is 0 Å². The Morgan fingerprint density at radius 3 is 2.19 bits per heavy atom. The number of nitrogens with zero attached hydrogens (tertiary/aromatic N) is 1. The second-order valence-corrected chi connectivity index (χ2v) is 6.58. The third-order valence-corrected chi connectivity index (χ3v) is 4.53. The van der Waals surface area contributed by atoms with Crippen LogP contribution in [0.5, 0.6) is 0 Å². The molecule has 0 aromatic heterocycles. The van der Waals surface area contributed by atoms with Crippen LogP contribution < -0.4 is 5.32 Å². The summed E-state index contributed by atoms with van der Waals surface area (Å²) in [7, 11) is 0. The molecule has 0 aliphatic carbocycles. The zero-order chi connectivity index (χ0) is 15.1. The molecule has 1 unspecified atom stereocenters. The first-order valence-electron chi connectivity index (χ1n) is 8.73. The van der Waals surface area contributed by atoms with Crippen molar-refractivity contribution in [2.45, 2.75) is 58.9 Å². The van der Waals surface area contributed by atoms with Gasteiger partial charge in [-0.3, -0.25) is 0 Å². The molecule has 0 spiro atoms. The SMILES string of the molecule is CCNC(CCN1CCCCCC1)c1cc(C)cc(C)c1. The summed E-state index contributed by atoms with van der Waals surface area (Å²) in [5, 5.41) is 3.68. The van der Waals surface area contributed by atoms with Crippen LogP contribution in [0.2, 0.25) is 0 Å². The van der Waals surface area contributed by atoms with E-state index in [0.29, 0.717) is 6.04 Å². The third kappa shape index (κ3) is 5.44. The van der Waals surface area contributed by atoms with Crippen LogP contribution in [0.25, 0.3) is 0 Å². The van der Waals surface area contributed by atoms with Crippen molar-refractivity contribution in [1.82, 2.24) is 10.2 Å². The Morgan fingerprint density at radius 2 is 1.62 bits per heavy atom. The number of hydrogen-bond donors (Lipinski definition) is 1. The minimum atomic E-state index is 0.497. The summed E-state index contributed by atoms with van der Waals surface area (Å²) < 4.78 is 0. The van der Waals surface area contributed by atoms with Crippen LogP contribution >= 0.6 is 0 Å². The van der Waals surface area contributed by atoms with Crippen LogP contribution in [0.3, 0.4) is 0 Å². The lowest BCUT2D eigenvalue weighted by molar-refractivity contribution is 0.266. The van der Waals surface area contributed by atoms with Crippen molar-refractivity contribution in [3.8, 4) is 0 Å². The largest absolute Gasteiger partial charge is 0.310 e. The van der Waals surface area contributed by atoms with Crippen molar-refractivity contribution >= 4 is 0 Å². The Balaban J connectivity index is 1.97. The van der Waals surface area contributed by atoms with E-state index < -0.39 is 0 Å². The van der Waals surface area contributed by atoms with Crippen molar-refractivity contribution in [2.24, 2.45) is 0 Å². The third-order valence-electron chi connectivity index (χ3n) is 4.53. The molecule has 1 atom stereocenters. The van der Waals surface area contributed by atoms with Gasteiger partial charge >= 0.3 is 0 Å². The summed E-state index contributed by atoms with van der Waals surface area (Å²) in [5.41, 5.74) is 4.22. The normalized spacial score (nSPS) is 18.4. The van der Waals surface area contributed by atoms with E-state index in [0.717, 1.165) is 6.54 Å². The maximum Gasteiger partial charge on any atom is 0.0332 e. The van der Waals surface area contributed by atoms with E-state index in [-0.39, 0.29) is 0 Å². The molecule has 0 radical (unpaired) electrons. The van der Waals surface area contributed by atoms with Crippen LogP contribution in [0.15, 0.2) is 18.2 Å². The minimum absolute atomic E-state index is 0.497. The lowest BCUT2D eigenvalue weighted by atomic mass is 9.99. The highest BCUT2D eigenvalue weighted by Gasteiger charge is 2.14. The van der Waals surface area contributed by atoms with Gasteiger partial charge in [-0.1, -0.05) is 49.1 Å². The molecule has 1 aliphatic rings. The summed E-state index contributed by atoms with van der Waals surface area (Å²) in [6.45, 7) is 11.5. The molecule has 1 aromatic carbocycles. The van der Waals surface area contributed by atoms with Gasteiger partial charge in [-0.15, -0.1) is 0 Å². The summed E-state index contributed by atoms with van der Waals surface area (Å²) >= 11 is 0. The van der Waals surface area contributed by atoms with Gasteiger partial charge in [-0.25, -0.2) is 0 Å². The van der Waals surface area contributed by atoms with Crippen molar-refractivity contribution in [2.75, 3.05) is 26.2 Å². The molecule has 0 bridgehead atoms. The Hall–Kier alpha value is -0.860. The summed E-state index contributed by atoms with van der Waals surface area (Å²) in [6.07, 6.45) is 6.83. The van der Waals surface area contributed by atoms with E-state index in [9.17, 15) is 0 Å². The smallest absolute Gasteiger partial charge is 0.0332 e. The molecule has 2 nitrogen and oxygen atoms in total. The molecule has 118 valence electrons. The fraction of sp³-hybridized carbons (Fsp3) is 0.684. The van der Waals surface area contributed by atoms with Gasteiger partial charge in [-0.05, 0) is 64.9 Å².